The van der Waals surface area contributed by atoms with E-state index in [-0.39, 0.29) is 36.7 Å². The Morgan fingerprint density at radius 2 is 1.89 bits per heavy atom. The Kier molecular flexibility index (Phi) is 5.59. The van der Waals surface area contributed by atoms with Gasteiger partial charge in [-0.3, -0.25) is 9.59 Å². The van der Waals surface area contributed by atoms with Crippen LogP contribution in [0, 0.1) is 5.41 Å². The van der Waals surface area contributed by atoms with Gasteiger partial charge in [-0.2, -0.15) is 0 Å². The fourth-order valence-electron chi connectivity index (χ4n) is 2.16. The Bertz CT molecular complexity index is 353. The number of hydrogen-bond donors (Lipinski definition) is 4. The Morgan fingerprint density at radius 3 is 2.37 bits per heavy atom. The summed E-state index contributed by atoms with van der Waals surface area (Å²) in [6.45, 7) is 0.628. The molecule has 3 amide bonds. The van der Waals surface area contributed by atoms with Crippen LogP contribution in [0.25, 0.3) is 0 Å². The number of urea groups is 1. The number of aliphatic carboxylic acids is 1. The normalized spacial score (nSPS) is 16.1. The summed E-state index contributed by atoms with van der Waals surface area (Å²) in [4.78, 5) is 33.2. The number of hydrogen-bond acceptors (Lipinski definition) is 3. The van der Waals surface area contributed by atoms with Gasteiger partial charge in [0.05, 0.1) is 6.42 Å². The first kappa shape index (κ1) is 15.3. The van der Waals surface area contributed by atoms with E-state index in [9.17, 15) is 14.4 Å². The van der Waals surface area contributed by atoms with Crippen LogP contribution >= 0.6 is 0 Å². The summed E-state index contributed by atoms with van der Waals surface area (Å²) in [7, 11) is 1.54. The molecule has 0 aromatic rings. The Morgan fingerprint density at radius 1 is 1.21 bits per heavy atom. The molecule has 1 fully saturated rings. The molecule has 0 aromatic carbocycles. The molecule has 4 N–H and O–H groups in total. The second-order valence-electron chi connectivity index (χ2n) is 4.96. The van der Waals surface area contributed by atoms with Gasteiger partial charge in [0.2, 0.25) is 5.91 Å². The van der Waals surface area contributed by atoms with E-state index in [1.807, 2.05) is 0 Å². The highest BCUT2D eigenvalue weighted by Gasteiger charge is 2.39. The van der Waals surface area contributed by atoms with Gasteiger partial charge >= 0.3 is 12.0 Å². The molecular formula is C12H21N3O4. The van der Waals surface area contributed by atoms with Crippen LogP contribution < -0.4 is 16.0 Å². The maximum Gasteiger partial charge on any atom is 0.314 e. The molecular weight excluding hydrogens is 250 g/mol. The summed E-state index contributed by atoms with van der Waals surface area (Å²) >= 11 is 0. The lowest BCUT2D eigenvalue weighted by Crippen LogP contribution is -2.47. The molecule has 0 unspecified atom stereocenters. The number of carbonyl (C=O) groups excluding carboxylic acids is 2. The predicted octanol–water partition coefficient (Wildman–Crippen LogP) is 0.0667. The van der Waals surface area contributed by atoms with Crippen molar-refractivity contribution in [3.8, 4) is 0 Å². The van der Waals surface area contributed by atoms with Crippen LogP contribution in [0.5, 0.6) is 0 Å². The lowest BCUT2D eigenvalue weighted by Gasteiger charge is -2.40. The van der Waals surface area contributed by atoms with Crippen LogP contribution in [0.3, 0.4) is 0 Å². The minimum absolute atomic E-state index is 0.0888. The predicted molar refractivity (Wildman–Crippen MR) is 68.6 cm³/mol. The van der Waals surface area contributed by atoms with Crippen LogP contribution in [-0.4, -0.2) is 43.2 Å². The van der Waals surface area contributed by atoms with Gasteiger partial charge in [-0.1, -0.05) is 6.42 Å². The van der Waals surface area contributed by atoms with E-state index in [0.717, 1.165) is 19.3 Å². The number of carboxylic acids is 1. The molecule has 1 rings (SSSR count). The van der Waals surface area contributed by atoms with E-state index in [4.69, 9.17) is 5.11 Å². The average molecular weight is 271 g/mol. The number of nitrogens with one attached hydrogen (secondary N) is 3. The zero-order valence-corrected chi connectivity index (χ0v) is 11.1. The second kappa shape index (κ2) is 6.96. The molecule has 0 radical (unpaired) electrons. The summed E-state index contributed by atoms with van der Waals surface area (Å²) in [5, 5.41) is 16.5. The third kappa shape index (κ3) is 5.15. The maximum absolute atomic E-state index is 11.5. The Labute approximate surface area is 112 Å². The summed E-state index contributed by atoms with van der Waals surface area (Å²) in [5.74, 6) is -0.969. The molecule has 0 aliphatic heterocycles. The minimum Gasteiger partial charge on any atom is -0.481 e. The van der Waals surface area contributed by atoms with Crippen molar-refractivity contribution in [3.05, 3.63) is 0 Å². The lowest BCUT2D eigenvalue weighted by molar-refractivity contribution is -0.141. The molecule has 108 valence electrons. The first-order valence-corrected chi connectivity index (χ1v) is 6.41. The van der Waals surface area contributed by atoms with Gasteiger partial charge in [-0.05, 0) is 18.3 Å². The van der Waals surface area contributed by atoms with Gasteiger partial charge in [0.25, 0.3) is 0 Å². The molecule has 0 aromatic heterocycles. The van der Waals surface area contributed by atoms with Gasteiger partial charge in [0.1, 0.15) is 0 Å². The standard InChI is InChI=1S/C12H21N3O4/c1-13-9(16)3-6-14-11(19)15-8-12(4-2-5-12)7-10(17)18/h2-8H2,1H3,(H,13,16)(H,17,18)(H2,14,15,19). The van der Waals surface area contributed by atoms with E-state index in [1.165, 1.54) is 7.05 Å². The van der Waals surface area contributed by atoms with Crippen LogP contribution in [0.4, 0.5) is 4.79 Å². The molecule has 0 atom stereocenters. The molecule has 7 heteroatoms. The molecule has 19 heavy (non-hydrogen) atoms. The van der Waals surface area contributed by atoms with Crippen molar-refractivity contribution in [1.82, 2.24) is 16.0 Å². The quantitative estimate of drug-likeness (QED) is 0.525. The van der Waals surface area contributed by atoms with Gasteiger partial charge in [0.15, 0.2) is 0 Å². The first-order chi connectivity index (χ1) is 8.97. The van der Waals surface area contributed by atoms with Gasteiger partial charge in [-0.25, -0.2) is 4.79 Å². The summed E-state index contributed by atoms with van der Waals surface area (Å²) in [5.41, 5.74) is -0.288. The average Bonchev–Trinajstić information content (AvgIpc) is 2.31. The van der Waals surface area contributed by atoms with Crippen molar-refractivity contribution < 1.29 is 19.5 Å². The van der Waals surface area contributed by atoms with E-state index in [2.05, 4.69) is 16.0 Å². The van der Waals surface area contributed by atoms with Crippen LogP contribution in [0.1, 0.15) is 32.1 Å². The van der Waals surface area contributed by atoms with Crippen molar-refractivity contribution in [2.45, 2.75) is 32.1 Å². The van der Waals surface area contributed by atoms with Crippen molar-refractivity contribution >= 4 is 17.9 Å². The highest BCUT2D eigenvalue weighted by Crippen LogP contribution is 2.43. The zero-order chi connectivity index (χ0) is 14.3. The Hall–Kier alpha value is -1.79. The highest BCUT2D eigenvalue weighted by atomic mass is 16.4. The van der Waals surface area contributed by atoms with Gasteiger partial charge in [-0.15, -0.1) is 0 Å². The number of rotatable bonds is 7. The van der Waals surface area contributed by atoms with Crippen molar-refractivity contribution in [3.63, 3.8) is 0 Å². The third-order valence-electron chi connectivity index (χ3n) is 3.48. The second-order valence-corrected chi connectivity index (χ2v) is 4.96. The van der Waals surface area contributed by atoms with Crippen molar-refractivity contribution in [2.24, 2.45) is 5.41 Å². The molecule has 0 saturated heterocycles. The molecule has 1 aliphatic carbocycles. The largest absolute Gasteiger partial charge is 0.481 e. The van der Waals surface area contributed by atoms with Crippen LogP contribution in [0.2, 0.25) is 0 Å². The molecule has 1 saturated carbocycles. The summed E-state index contributed by atoms with van der Waals surface area (Å²) in [6.07, 6.45) is 2.98. The molecule has 1 aliphatic rings. The fraction of sp³-hybridized carbons (Fsp3) is 0.750. The van der Waals surface area contributed by atoms with Gasteiger partial charge < -0.3 is 21.1 Å². The van der Waals surface area contributed by atoms with Crippen LogP contribution in [0.15, 0.2) is 0 Å². The van der Waals surface area contributed by atoms with Crippen molar-refractivity contribution in [2.75, 3.05) is 20.1 Å². The van der Waals surface area contributed by atoms with E-state index < -0.39 is 5.97 Å². The van der Waals surface area contributed by atoms with E-state index >= 15 is 0 Å². The molecule has 0 bridgehead atoms. The Balaban J connectivity index is 2.21. The number of carboxylic acid groups (broad SMARTS) is 1. The summed E-state index contributed by atoms with van der Waals surface area (Å²) in [6, 6.07) is -0.361. The SMILES string of the molecule is CNC(=O)CCNC(=O)NCC1(CC(=O)O)CCC1. The van der Waals surface area contributed by atoms with Gasteiger partial charge in [0, 0.05) is 26.6 Å². The van der Waals surface area contributed by atoms with Crippen LogP contribution in [-0.2, 0) is 9.59 Å². The van der Waals surface area contributed by atoms with E-state index in [1.54, 1.807) is 0 Å². The van der Waals surface area contributed by atoms with E-state index in [0.29, 0.717) is 6.54 Å². The smallest absolute Gasteiger partial charge is 0.314 e. The summed E-state index contributed by atoms with van der Waals surface area (Å²) < 4.78 is 0. The maximum atomic E-state index is 11.5. The lowest BCUT2D eigenvalue weighted by atomic mass is 9.66. The topological polar surface area (TPSA) is 108 Å². The fourth-order valence-corrected chi connectivity index (χ4v) is 2.16. The first-order valence-electron chi connectivity index (χ1n) is 6.41. The van der Waals surface area contributed by atoms with Crippen molar-refractivity contribution in [1.29, 1.82) is 0 Å². The zero-order valence-electron chi connectivity index (χ0n) is 11.1. The third-order valence-corrected chi connectivity index (χ3v) is 3.48. The molecule has 7 nitrogen and oxygen atoms in total. The number of carbonyl (C=O) groups is 3. The minimum atomic E-state index is -0.832. The molecule has 0 spiro atoms. The highest BCUT2D eigenvalue weighted by molar-refractivity contribution is 5.78. The monoisotopic (exact) mass is 271 g/mol. The molecule has 0 heterocycles. The number of amides is 3.